The first-order valence-electron chi connectivity index (χ1n) is 11.6. The van der Waals surface area contributed by atoms with Crippen LogP contribution in [0.25, 0.3) is 11.0 Å². The second kappa shape index (κ2) is 12.0. The van der Waals surface area contributed by atoms with Crippen molar-refractivity contribution >= 4 is 22.8 Å². The van der Waals surface area contributed by atoms with E-state index in [4.69, 9.17) is 4.98 Å². The minimum absolute atomic E-state index is 0.0295. The Morgan fingerprint density at radius 1 is 0.969 bits per heavy atom. The number of carbonyl (C=O) groups is 2. The minimum Gasteiger partial charge on any atom is -0.352 e. The average Bonchev–Trinajstić information content (AvgIpc) is 3.17. The summed E-state index contributed by atoms with van der Waals surface area (Å²) < 4.78 is 2.07. The third kappa shape index (κ3) is 6.42. The normalized spacial score (nSPS) is 10.9. The van der Waals surface area contributed by atoms with Crippen molar-refractivity contribution in [2.75, 3.05) is 20.1 Å². The van der Waals surface area contributed by atoms with Crippen LogP contribution in [0.15, 0.2) is 54.6 Å². The van der Waals surface area contributed by atoms with E-state index in [1.54, 1.807) is 0 Å². The van der Waals surface area contributed by atoms with Crippen molar-refractivity contribution in [3.63, 3.8) is 0 Å². The highest BCUT2D eigenvalue weighted by molar-refractivity contribution is 5.94. The molecule has 0 fully saturated rings. The highest BCUT2D eigenvalue weighted by Crippen LogP contribution is 2.18. The quantitative estimate of drug-likeness (QED) is 0.429. The van der Waals surface area contributed by atoms with E-state index in [2.05, 4.69) is 16.8 Å². The minimum atomic E-state index is -0.0295. The van der Waals surface area contributed by atoms with Gasteiger partial charge in [-0.25, -0.2) is 4.98 Å². The van der Waals surface area contributed by atoms with Gasteiger partial charge in [0.05, 0.1) is 11.0 Å². The number of amides is 2. The molecular formula is C26H34N4O2. The number of hydrogen-bond donors (Lipinski definition) is 1. The van der Waals surface area contributed by atoms with E-state index in [0.717, 1.165) is 61.9 Å². The molecule has 0 aliphatic heterocycles. The Morgan fingerprint density at radius 3 is 2.50 bits per heavy atom. The molecule has 2 aromatic carbocycles. The molecule has 2 amide bonds. The maximum atomic E-state index is 12.7. The largest absolute Gasteiger partial charge is 0.352 e. The summed E-state index contributed by atoms with van der Waals surface area (Å²) in [7, 11) is 1.88. The van der Waals surface area contributed by atoms with E-state index in [1.165, 1.54) is 0 Å². The van der Waals surface area contributed by atoms with Gasteiger partial charge in [-0.2, -0.15) is 0 Å². The van der Waals surface area contributed by atoms with E-state index < -0.39 is 0 Å². The highest BCUT2D eigenvalue weighted by Gasteiger charge is 2.15. The molecule has 0 unspecified atom stereocenters. The molecule has 0 atom stereocenters. The van der Waals surface area contributed by atoms with Crippen LogP contribution in [0, 0.1) is 0 Å². The van der Waals surface area contributed by atoms with Crippen LogP contribution in [-0.4, -0.2) is 46.4 Å². The Bertz CT molecular complexity index is 1010. The van der Waals surface area contributed by atoms with Crippen molar-refractivity contribution in [1.29, 1.82) is 0 Å². The van der Waals surface area contributed by atoms with Gasteiger partial charge >= 0.3 is 0 Å². The third-order valence-electron chi connectivity index (χ3n) is 5.70. The number of para-hydroxylation sites is 2. The SMILES string of the molecule is CCCCN(C)C(=O)Cn1c(CCCCCNC(=O)c2ccccc2)nc2ccccc21. The topological polar surface area (TPSA) is 67.2 Å². The molecule has 0 radical (unpaired) electrons. The summed E-state index contributed by atoms with van der Waals surface area (Å²) >= 11 is 0. The fourth-order valence-electron chi connectivity index (χ4n) is 3.75. The molecule has 3 rings (SSSR count). The number of rotatable bonds is 12. The predicted molar refractivity (Wildman–Crippen MR) is 129 cm³/mol. The van der Waals surface area contributed by atoms with Gasteiger partial charge in [0.1, 0.15) is 12.4 Å². The van der Waals surface area contributed by atoms with Crippen molar-refractivity contribution in [1.82, 2.24) is 19.8 Å². The molecule has 170 valence electrons. The molecule has 32 heavy (non-hydrogen) atoms. The molecule has 1 aromatic heterocycles. The van der Waals surface area contributed by atoms with Crippen molar-refractivity contribution in [2.24, 2.45) is 0 Å². The number of likely N-dealkylation sites (N-methyl/N-ethyl adjacent to an activating group) is 1. The molecule has 1 N–H and O–H groups in total. The smallest absolute Gasteiger partial charge is 0.251 e. The van der Waals surface area contributed by atoms with Crippen LogP contribution in [-0.2, 0) is 17.8 Å². The Morgan fingerprint density at radius 2 is 1.72 bits per heavy atom. The fraction of sp³-hybridized carbons (Fsp3) is 0.423. The molecule has 0 saturated heterocycles. The Balaban J connectivity index is 1.52. The number of hydrogen-bond acceptors (Lipinski definition) is 3. The van der Waals surface area contributed by atoms with E-state index >= 15 is 0 Å². The van der Waals surface area contributed by atoms with Crippen LogP contribution < -0.4 is 5.32 Å². The zero-order valence-electron chi connectivity index (χ0n) is 19.2. The van der Waals surface area contributed by atoms with Crippen molar-refractivity contribution in [2.45, 2.75) is 52.0 Å². The summed E-state index contributed by atoms with van der Waals surface area (Å²) in [5, 5.41) is 2.98. The number of aromatic nitrogens is 2. The van der Waals surface area contributed by atoms with Crippen LogP contribution in [0.1, 0.15) is 55.2 Å². The van der Waals surface area contributed by atoms with Gasteiger partial charge in [-0.3, -0.25) is 9.59 Å². The van der Waals surface area contributed by atoms with Crippen molar-refractivity contribution in [3.8, 4) is 0 Å². The zero-order chi connectivity index (χ0) is 22.8. The summed E-state index contributed by atoms with van der Waals surface area (Å²) in [6, 6.07) is 17.3. The summed E-state index contributed by atoms with van der Waals surface area (Å²) in [6.07, 6.45) is 5.76. The van der Waals surface area contributed by atoms with Gasteiger partial charge in [0.2, 0.25) is 5.91 Å². The number of aryl methyl sites for hydroxylation is 1. The van der Waals surface area contributed by atoms with Gasteiger partial charge in [0.25, 0.3) is 5.91 Å². The molecule has 1 heterocycles. The molecule has 0 aliphatic carbocycles. The molecule has 0 aliphatic rings. The van der Waals surface area contributed by atoms with Crippen LogP contribution in [0.4, 0.5) is 0 Å². The molecule has 6 heteroatoms. The van der Waals surface area contributed by atoms with Gasteiger partial charge in [-0.05, 0) is 43.5 Å². The molecule has 0 saturated carbocycles. The lowest BCUT2D eigenvalue weighted by Crippen LogP contribution is -2.31. The van der Waals surface area contributed by atoms with Gasteiger partial charge in [0, 0.05) is 32.1 Å². The Labute approximate surface area is 190 Å². The van der Waals surface area contributed by atoms with Gasteiger partial charge in [-0.1, -0.05) is 50.1 Å². The first-order valence-corrected chi connectivity index (χ1v) is 11.6. The van der Waals surface area contributed by atoms with Gasteiger partial charge in [0.15, 0.2) is 0 Å². The molecular weight excluding hydrogens is 400 g/mol. The number of unbranched alkanes of at least 4 members (excludes halogenated alkanes) is 3. The van der Waals surface area contributed by atoms with E-state index in [-0.39, 0.29) is 11.8 Å². The molecule has 3 aromatic rings. The predicted octanol–water partition coefficient (Wildman–Crippen LogP) is 4.44. The van der Waals surface area contributed by atoms with Crippen LogP contribution in [0.3, 0.4) is 0 Å². The van der Waals surface area contributed by atoms with Gasteiger partial charge < -0.3 is 14.8 Å². The van der Waals surface area contributed by atoms with Gasteiger partial charge in [-0.15, -0.1) is 0 Å². The lowest BCUT2D eigenvalue weighted by molar-refractivity contribution is -0.130. The maximum Gasteiger partial charge on any atom is 0.251 e. The van der Waals surface area contributed by atoms with Crippen LogP contribution >= 0.6 is 0 Å². The lowest BCUT2D eigenvalue weighted by atomic mass is 10.1. The summed E-state index contributed by atoms with van der Waals surface area (Å²) in [4.78, 5) is 31.5. The Hall–Kier alpha value is -3.15. The lowest BCUT2D eigenvalue weighted by Gasteiger charge is -2.18. The van der Waals surface area contributed by atoms with Crippen LogP contribution in [0.5, 0.6) is 0 Å². The summed E-state index contributed by atoms with van der Waals surface area (Å²) in [6.45, 7) is 3.90. The second-order valence-corrected chi connectivity index (χ2v) is 8.20. The number of nitrogens with zero attached hydrogens (tertiary/aromatic N) is 3. The van der Waals surface area contributed by atoms with Crippen LogP contribution in [0.2, 0.25) is 0 Å². The monoisotopic (exact) mass is 434 g/mol. The second-order valence-electron chi connectivity index (χ2n) is 8.20. The van der Waals surface area contributed by atoms with Crippen molar-refractivity contribution in [3.05, 3.63) is 66.0 Å². The Kier molecular flexibility index (Phi) is 8.84. The molecule has 0 spiro atoms. The number of fused-ring (bicyclic) bond motifs is 1. The fourth-order valence-corrected chi connectivity index (χ4v) is 3.75. The summed E-state index contributed by atoms with van der Waals surface area (Å²) in [5.74, 6) is 1.04. The zero-order valence-corrected chi connectivity index (χ0v) is 19.2. The first kappa shape index (κ1) is 23.5. The summed E-state index contributed by atoms with van der Waals surface area (Å²) in [5.41, 5.74) is 2.63. The molecule has 0 bridgehead atoms. The third-order valence-corrected chi connectivity index (χ3v) is 5.70. The number of nitrogens with one attached hydrogen (secondary N) is 1. The van der Waals surface area contributed by atoms with E-state index in [0.29, 0.717) is 18.7 Å². The van der Waals surface area contributed by atoms with E-state index in [1.807, 2.05) is 66.5 Å². The average molecular weight is 435 g/mol. The highest BCUT2D eigenvalue weighted by atomic mass is 16.2. The number of benzene rings is 2. The first-order chi connectivity index (χ1) is 15.6. The maximum absolute atomic E-state index is 12.7. The van der Waals surface area contributed by atoms with Crippen molar-refractivity contribution < 1.29 is 9.59 Å². The number of imidazole rings is 1. The number of carbonyl (C=O) groups excluding carboxylic acids is 2. The standard InChI is InChI=1S/C26H34N4O2/c1-3-4-19-29(2)25(31)20-30-23-16-11-10-15-22(23)28-24(30)17-9-6-12-18-27-26(32)21-13-7-5-8-14-21/h5,7-8,10-11,13-16H,3-4,6,9,12,17-20H2,1-2H3,(H,27,32). The van der Waals surface area contributed by atoms with E-state index in [9.17, 15) is 9.59 Å². The molecule has 6 nitrogen and oxygen atoms in total.